The molecule has 11 heteroatoms. The molecule has 222 valence electrons. The normalized spacial score (nSPS) is 16.0. The maximum Gasteiger partial charge on any atom is 0.322 e. The minimum atomic E-state index is -0.740. The molecule has 0 spiro atoms. The van der Waals surface area contributed by atoms with Crippen LogP contribution in [0.1, 0.15) is 70.8 Å². The van der Waals surface area contributed by atoms with E-state index in [-0.39, 0.29) is 24.0 Å². The van der Waals surface area contributed by atoms with E-state index in [0.717, 1.165) is 50.0 Å². The molecule has 0 aliphatic carbocycles. The molecule has 1 fully saturated rings. The largest absolute Gasteiger partial charge is 0.460 e. The second-order valence-electron chi connectivity index (χ2n) is 11.0. The number of carbonyl (C=O) groups excluding carboxylic acids is 1. The van der Waals surface area contributed by atoms with Gasteiger partial charge in [-0.05, 0) is 69.3 Å². The van der Waals surface area contributed by atoms with Crippen LogP contribution in [0.25, 0.3) is 5.65 Å². The van der Waals surface area contributed by atoms with Gasteiger partial charge in [0.05, 0.1) is 6.20 Å². The molecule has 2 atom stereocenters. The molecule has 1 aromatic carbocycles. The first-order valence-electron chi connectivity index (χ1n) is 14.6. The van der Waals surface area contributed by atoms with Crippen molar-refractivity contribution in [1.29, 1.82) is 0 Å². The molecular weight excluding hydrogens is 520 g/mol. The number of carbonyl (C=O) groups is 1. The van der Waals surface area contributed by atoms with Crippen molar-refractivity contribution in [3.8, 4) is 6.01 Å². The second kappa shape index (κ2) is 14.4. The first-order valence-corrected chi connectivity index (χ1v) is 14.6. The summed E-state index contributed by atoms with van der Waals surface area (Å²) in [5, 5.41) is 23.7. The van der Waals surface area contributed by atoms with Crippen molar-refractivity contribution in [2.45, 2.75) is 83.6 Å². The number of hydrogen-bond acceptors (Lipinski definition) is 9. The number of aliphatic hydroxyl groups is 1. The third kappa shape index (κ3) is 8.48. The first-order chi connectivity index (χ1) is 19.7. The lowest BCUT2D eigenvalue weighted by Crippen LogP contribution is -2.36. The van der Waals surface area contributed by atoms with Crippen molar-refractivity contribution >= 4 is 28.9 Å². The Labute approximate surface area is 242 Å². The van der Waals surface area contributed by atoms with E-state index < -0.39 is 6.23 Å². The molecule has 41 heavy (non-hydrogen) atoms. The molecule has 1 aliphatic rings. The summed E-state index contributed by atoms with van der Waals surface area (Å²) in [4.78, 5) is 24.4. The van der Waals surface area contributed by atoms with Crippen LogP contribution < -0.4 is 20.7 Å². The summed E-state index contributed by atoms with van der Waals surface area (Å²) in [5.74, 6) is 0.668. The van der Waals surface area contributed by atoms with Crippen molar-refractivity contribution in [3.63, 3.8) is 0 Å². The van der Waals surface area contributed by atoms with E-state index in [0.29, 0.717) is 36.1 Å². The molecule has 4 N–H and O–H groups in total. The van der Waals surface area contributed by atoms with Gasteiger partial charge in [0.15, 0.2) is 5.65 Å². The third-order valence-corrected chi connectivity index (χ3v) is 7.42. The van der Waals surface area contributed by atoms with Gasteiger partial charge in [0.1, 0.15) is 12.3 Å². The van der Waals surface area contributed by atoms with Crippen molar-refractivity contribution in [2.24, 2.45) is 0 Å². The Kier molecular flexibility index (Phi) is 10.7. The SMILES string of the molecule is C=CC(O)N[C@H](CC)CCCC(=O)Nc1cccc(Nc2nc(OC3CCN(C)CC3)nc3c(C(C)C)cnn23)c1. The number of rotatable bonds is 14. The quantitative estimate of drug-likeness (QED) is 0.166. The Morgan fingerprint density at radius 3 is 2.71 bits per heavy atom. The average molecular weight is 565 g/mol. The molecule has 1 amide bonds. The number of likely N-dealkylation sites (tertiary alicyclic amines) is 1. The zero-order chi connectivity index (χ0) is 29.4. The highest BCUT2D eigenvalue weighted by atomic mass is 16.5. The number of nitrogens with zero attached hydrogens (tertiary/aromatic N) is 5. The fourth-order valence-corrected chi connectivity index (χ4v) is 4.92. The smallest absolute Gasteiger partial charge is 0.322 e. The van der Waals surface area contributed by atoms with Gasteiger partial charge in [-0.3, -0.25) is 10.1 Å². The third-order valence-electron chi connectivity index (χ3n) is 7.42. The van der Waals surface area contributed by atoms with Crippen LogP contribution in [0.15, 0.2) is 43.1 Å². The van der Waals surface area contributed by atoms with Gasteiger partial charge in [0.2, 0.25) is 11.9 Å². The molecule has 3 heterocycles. The predicted octanol–water partition coefficient (Wildman–Crippen LogP) is 4.45. The van der Waals surface area contributed by atoms with E-state index in [1.807, 2.05) is 37.4 Å². The van der Waals surface area contributed by atoms with Gasteiger partial charge >= 0.3 is 6.01 Å². The molecule has 1 aliphatic heterocycles. The lowest BCUT2D eigenvalue weighted by Gasteiger charge is -2.28. The number of anilines is 3. The number of fused-ring (bicyclic) bond motifs is 1. The average Bonchev–Trinajstić information content (AvgIpc) is 3.38. The van der Waals surface area contributed by atoms with Crippen LogP contribution in [0.3, 0.4) is 0 Å². The maximum absolute atomic E-state index is 12.7. The van der Waals surface area contributed by atoms with E-state index in [9.17, 15) is 9.90 Å². The zero-order valence-electron chi connectivity index (χ0n) is 24.6. The number of benzene rings is 1. The molecule has 11 nitrogen and oxygen atoms in total. The lowest BCUT2D eigenvalue weighted by molar-refractivity contribution is -0.116. The van der Waals surface area contributed by atoms with Gasteiger partial charge in [0, 0.05) is 42.5 Å². The summed E-state index contributed by atoms with van der Waals surface area (Å²) >= 11 is 0. The highest BCUT2D eigenvalue weighted by Gasteiger charge is 2.22. The number of ether oxygens (including phenoxy) is 1. The van der Waals surface area contributed by atoms with E-state index in [1.165, 1.54) is 6.08 Å². The number of aromatic nitrogens is 4. The van der Waals surface area contributed by atoms with Crippen molar-refractivity contribution in [1.82, 2.24) is 29.8 Å². The van der Waals surface area contributed by atoms with Crippen molar-refractivity contribution < 1.29 is 14.6 Å². The minimum absolute atomic E-state index is 0.0619. The van der Waals surface area contributed by atoms with E-state index >= 15 is 0 Å². The molecule has 4 rings (SSSR count). The topological polar surface area (TPSA) is 129 Å². The summed E-state index contributed by atoms with van der Waals surface area (Å²) in [6, 6.07) is 7.97. The van der Waals surface area contributed by atoms with Crippen LogP contribution in [0.2, 0.25) is 0 Å². The second-order valence-corrected chi connectivity index (χ2v) is 11.0. The molecule has 2 aromatic heterocycles. The molecule has 3 aromatic rings. The Balaban J connectivity index is 1.44. The monoisotopic (exact) mass is 564 g/mol. The Hall–Kier alpha value is -3.54. The van der Waals surface area contributed by atoms with Gasteiger partial charge in [-0.15, -0.1) is 0 Å². The van der Waals surface area contributed by atoms with E-state index in [1.54, 1.807) is 4.52 Å². The highest BCUT2D eigenvalue weighted by molar-refractivity contribution is 5.91. The van der Waals surface area contributed by atoms with Gasteiger partial charge in [-0.2, -0.15) is 19.6 Å². The lowest BCUT2D eigenvalue weighted by atomic mass is 10.1. The number of amides is 1. The number of nitrogens with one attached hydrogen (secondary N) is 3. The van der Waals surface area contributed by atoms with Crippen molar-refractivity contribution in [2.75, 3.05) is 30.8 Å². The Morgan fingerprint density at radius 1 is 1.24 bits per heavy atom. The van der Waals surface area contributed by atoms with Gasteiger partial charge < -0.3 is 25.4 Å². The van der Waals surface area contributed by atoms with Crippen molar-refractivity contribution in [3.05, 3.63) is 48.7 Å². The van der Waals surface area contributed by atoms with Crippen LogP contribution in [-0.4, -0.2) is 74.0 Å². The summed E-state index contributed by atoms with van der Waals surface area (Å²) in [7, 11) is 2.12. The Morgan fingerprint density at radius 2 is 2.00 bits per heavy atom. The number of piperidine rings is 1. The van der Waals surface area contributed by atoms with Crippen LogP contribution in [0.4, 0.5) is 17.3 Å². The Bertz CT molecular complexity index is 1300. The van der Waals surface area contributed by atoms with E-state index in [2.05, 4.69) is 58.4 Å². The van der Waals surface area contributed by atoms with Crippen LogP contribution in [0.5, 0.6) is 6.01 Å². The molecule has 0 bridgehead atoms. The highest BCUT2D eigenvalue weighted by Crippen LogP contribution is 2.26. The standard InChI is InChI=1S/C30H44N8O3/c1-6-21(32-26(39)7-2)10-9-13-27(40)33-22-11-8-12-23(18-22)34-29-36-30(41-24-14-16-37(5)17-15-24)35-28-25(20(3)4)19-31-38(28)29/h7-8,11-12,18-21,24,26,32,39H,2,6,9-10,13-17H2,1,3-5H3,(H,33,40)(H,34,35,36)/t21-,26?/m1/s1. The van der Waals surface area contributed by atoms with Gasteiger partial charge in [-0.1, -0.05) is 33.4 Å². The van der Waals surface area contributed by atoms with Crippen LogP contribution in [0, 0.1) is 0 Å². The number of hydrogen-bond donors (Lipinski definition) is 4. The zero-order valence-corrected chi connectivity index (χ0v) is 24.6. The molecule has 1 saturated heterocycles. The van der Waals surface area contributed by atoms with Crippen LogP contribution >= 0.6 is 0 Å². The van der Waals surface area contributed by atoms with Crippen LogP contribution in [-0.2, 0) is 4.79 Å². The summed E-state index contributed by atoms with van der Waals surface area (Å²) < 4.78 is 7.95. The fraction of sp³-hybridized carbons (Fsp3) is 0.533. The maximum atomic E-state index is 12.7. The molecule has 0 saturated carbocycles. The molecular formula is C30H44N8O3. The number of aliphatic hydroxyl groups excluding tert-OH is 1. The molecule has 0 radical (unpaired) electrons. The first kappa shape index (κ1) is 30.4. The summed E-state index contributed by atoms with van der Waals surface area (Å²) in [5.41, 5.74) is 3.17. The molecule has 1 unspecified atom stereocenters. The summed E-state index contributed by atoms with van der Waals surface area (Å²) in [6.07, 6.45) is 7.20. The van der Waals surface area contributed by atoms with Gasteiger partial charge in [0.25, 0.3) is 0 Å². The minimum Gasteiger partial charge on any atom is -0.460 e. The fourth-order valence-electron chi connectivity index (χ4n) is 4.92. The predicted molar refractivity (Wildman–Crippen MR) is 162 cm³/mol. The summed E-state index contributed by atoms with van der Waals surface area (Å²) in [6.45, 7) is 11.8. The van der Waals surface area contributed by atoms with E-state index in [4.69, 9.17) is 9.72 Å². The van der Waals surface area contributed by atoms with Gasteiger partial charge in [-0.25, -0.2) is 0 Å².